The molecule has 5 rings (SSSR count). The zero-order chi connectivity index (χ0) is 28.1. The molecule has 0 spiro atoms. The molecule has 7 nitrogen and oxygen atoms in total. The zero-order valence-corrected chi connectivity index (χ0v) is 24.2. The number of halogens is 1. The van der Waals surface area contributed by atoms with Gasteiger partial charge in [0.05, 0.1) is 27.7 Å². The number of benzene rings is 2. The van der Waals surface area contributed by atoms with Gasteiger partial charge >= 0.3 is 5.97 Å². The van der Waals surface area contributed by atoms with Crippen LogP contribution >= 0.6 is 22.9 Å². The molecule has 0 aliphatic carbocycles. The summed E-state index contributed by atoms with van der Waals surface area (Å²) in [6.07, 6.45) is 2.43. The number of rotatable bonds is 6. The number of fused-ring (bicyclic) bond motifs is 1. The number of carbonyl (C=O) groups is 1. The summed E-state index contributed by atoms with van der Waals surface area (Å²) in [5.41, 5.74) is 6.89. The Labute approximate surface area is 236 Å². The van der Waals surface area contributed by atoms with E-state index in [9.17, 15) is 9.90 Å². The van der Waals surface area contributed by atoms with Crippen molar-refractivity contribution < 1.29 is 14.6 Å². The maximum absolute atomic E-state index is 12.6. The first-order valence-electron chi connectivity index (χ1n) is 12.5. The molecular formula is C30H29ClN4O3S. The van der Waals surface area contributed by atoms with Gasteiger partial charge in [0.2, 0.25) is 0 Å². The van der Waals surface area contributed by atoms with Gasteiger partial charge in [0.25, 0.3) is 0 Å². The van der Waals surface area contributed by atoms with Gasteiger partial charge in [-0.2, -0.15) is 5.10 Å². The van der Waals surface area contributed by atoms with E-state index < -0.39 is 17.7 Å². The number of thiazole rings is 1. The zero-order valence-electron chi connectivity index (χ0n) is 22.6. The number of nitrogens with zero attached hydrogens (tertiary/aromatic N) is 4. The van der Waals surface area contributed by atoms with Crippen LogP contribution in [-0.2, 0) is 16.6 Å². The molecule has 0 amide bonds. The number of aryl methyl sites for hydroxylation is 2. The van der Waals surface area contributed by atoms with Crippen molar-refractivity contribution in [2.75, 3.05) is 0 Å². The number of pyridine rings is 1. The SMILES string of the molecule is Cc1cc2nc(-c3ccnc(-c4cnn(C)c4C)c3)sc2c(-c2ccc(Cl)cc2)c1[C@H](OC(C)(C)C)C(=O)O. The average Bonchev–Trinajstić information content (AvgIpc) is 3.45. The molecule has 9 heteroatoms. The van der Waals surface area contributed by atoms with Gasteiger partial charge in [0, 0.05) is 46.2 Å². The monoisotopic (exact) mass is 560 g/mol. The predicted molar refractivity (Wildman–Crippen MR) is 156 cm³/mol. The highest BCUT2D eigenvalue weighted by Crippen LogP contribution is 2.44. The Morgan fingerprint density at radius 2 is 1.82 bits per heavy atom. The molecule has 0 aliphatic rings. The molecular weight excluding hydrogens is 532 g/mol. The summed E-state index contributed by atoms with van der Waals surface area (Å²) in [7, 11) is 1.90. The molecule has 0 bridgehead atoms. The van der Waals surface area contributed by atoms with Crippen molar-refractivity contribution in [1.29, 1.82) is 0 Å². The van der Waals surface area contributed by atoms with Gasteiger partial charge in [-0.05, 0) is 76.1 Å². The van der Waals surface area contributed by atoms with Crippen LogP contribution < -0.4 is 0 Å². The van der Waals surface area contributed by atoms with Gasteiger partial charge in [-0.15, -0.1) is 11.3 Å². The molecule has 0 saturated heterocycles. The number of carboxylic acid groups (broad SMARTS) is 1. The van der Waals surface area contributed by atoms with Crippen molar-refractivity contribution in [1.82, 2.24) is 19.7 Å². The second kappa shape index (κ2) is 10.2. The fourth-order valence-electron chi connectivity index (χ4n) is 4.62. The quantitative estimate of drug-likeness (QED) is 0.229. The van der Waals surface area contributed by atoms with Crippen molar-refractivity contribution in [3.05, 3.63) is 76.7 Å². The van der Waals surface area contributed by atoms with Gasteiger partial charge in [-0.3, -0.25) is 9.67 Å². The van der Waals surface area contributed by atoms with Gasteiger partial charge < -0.3 is 9.84 Å². The lowest BCUT2D eigenvalue weighted by Crippen LogP contribution is -2.28. The molecule has 1 atom stereocenters. The number of aromatic nitrogens is 4. The highest BCUT2D eigenvalue weighted by atomic mass is 35.5. The molecule has 3 aromatic heterocycles. The van der Waals surface area contributed by atoms with E-state index in [4.69, 9.17) is 21.3 Å². The van der Waals surface area contributed by atoms with E-state index in [0.717, 1.165) is 54.4 Å². The Balaban J connectivity index is 1.74. The topological polar surface area (TPSA) is 90.1 Å². The molecule has 0 radical (unpaired) electrons. The molecule has 3 heterocycles. The van der Waals surface area contributed by atoms with E-state index in [0.29, 0.717) is 10.6 Å². The number of carboxylic acids is 1. The van der Waals surface area contributed by atoms with Crippen LogP contribution in [0.3, 0.4) is 0 Å². The van der Waals surface area contributed by atoms with E-state index in [1.54, 1.807) is 6.20 Å². The Hall–Kier alpha value is -3.59. The lowest BCUT2D eigenvalue weighted by atomic mass is 9.91. The lowest BCUT2D eigenvalue weighted by Gasteiger charge is -2.28. The molecule has 200 valence electrons. The minimum absolute atomic E-state index is 0.602. The van der Waals surface area contributed by atoms with Crippen LogP contribution in [-0.4, -0.2) is 36.4 Å². The second-order valence-electron chi connectivity index (χ2n) is 10.5. The third-order valence-electron chi connectivity index (χ3n) is 6.54. The van der Waals surface area contributed by atoms with Crippen LogP contribution in [0.5, 0.6) is 0 Å². The van der Waals surface area contributed by atoms with Crippen molar-refractivity contribution >= 4 is 39.1 Å². The fourth-order valence-corrected chi connectivity index (χ4v) is 5.87. The van der Waals surface area contributed by atoms with Gasteiger partial charge in [0.1, 0.15) is 5.01 Å². The van der Waals surface area contributed by atoms with Crippen LogP contribution in [0.15, 0.2) is 54.9 Å². The van der Waals surface area contributed by atoms with Crippen LogP contribution in [0.4, 0.5) is 0 Å². The van der Waals surface area contributed by atoms with Crippen molar-refractivity contribution in [2.24, 2.45) is 7.05 Å². The van der Waals surface area contributed by atoms with Gasteiger partial charge in [-0.25, -0.2) is 9.78 Å². The highest BCUT2D eigenvalue weighted by Gasteiger charge is 2.32. The first-order chi connectivity index (χ1) is 18.4. The van der Waals surface area contributed by atoms with Gasteiger partial charge in [-0.1, -0.05) is 23.7 Å². The summed E-state index contributed by atoms with van der Waals surface area (Å²) in [5.74, 6) is -1.04. The molecule has 5 aromatic rings. The minimum atomic E-state index is -1.16. The summed E-state index contributed by atoms with van der Waals surface area (Å²) in [4.78, 5) is 22.1. The van der Waals surface area contributed by atoms with E-state index in [-0.39, 0.29) is 0 Å². The normalized spacial score (nSPS) is 12.7. The smallest absolute Gasteiger partial charge is 0.337 e. The highest BCUT2D eigenvalue weighted by molar-refractivity contribution is 7.22. The molecule has 0 fully saturated rings. The standard InChI is InChI=1S/C30H29ClN4O3S/c1-16-13-23-27(39-28(34-23)19-11-12-32-22(14-19)21-15-33-35(6)17(21)2)25(18-7-9-20(31)10-8-18)24(16)26(29(36)37)38-30(3,4)5/h7-15,26H,1-6H3,(H,36,37)/t26-/m0/s1. The fraction of sp³-hybridized carbons (Fsp3) is 0.267. The van der Waals surface area contributed by atoms with Crippen molar-refractivity contribution in [3.63, 3.8) is 0 Å². The second-order valence-corrected chi connectivity index (χ2v) is 11.9. The van der Waals surface area contributed by atoms with Crippen molar-refractivity contribution in [2.45, 2.75) is 46.3 Å². The van der Waals surface area contributed by atoms with E-state index in [1.165, 1.54) is 11.3 Å². The summed E-state index contributed by atoms with van der Waals surface area (Å²) >= 11 is 7.73. The van der Waals surface area contributed by atoms with E-state index in [2.05, 4.69) is 10.1 Å². The maximum Gasteiger partial charge on any atom is 0.337 e. The third kappa shape index (κ3) is 5.32. The summed E-state index contributed by atoms with van der Waals surface area (Å²) in [5, 5.41) is 16.0. The number of aliphatic carboxylic acids is 1. The number of hydrogen-bond donors (Lipinski definition) is 1. The minimum Gasteiger partial charge on any atom is -0.479 e. The largest absolute Gasteiger partial charge is 0.479 e. The first-order valence-corrected chi connectivity index (χ1v) is 13.7. The van der Waals surface area contributed by atoms with E-state index in [1.807, 2.05) is 95.0 Å². The Kier molecular flexibility index (Phi) is 7.05. The molecule has 2 aromatic carbocycles. The Morgan fingerprint density at radius 3 is 2.44 bits per heavy atom. The summed E-state index contributed by atoms with van der Waals surface area (Å²) in [6.45, 7) is 9.48. The van der Waals surface area contributed by atoms with E-state index >= 15 is 0 Å². The number of ether oxygens (including phenoxy) is 1. The number of hydrogen-bond acceptors (Lipinski definition) is 6. The summed E-state index contributed by atoms with van der Waals surface area (Å²) in [6, 6.07) is 13.3. The summed E-state index contributed by atoms with van der Waals surface area (Å²) < 4.78 is 8.82. The first kappa shape index (κ1) is 27.0. The van der Waals surface area contributed by atoms with Crippen LogP contribution in [0, 0.1) is 13.8 Å². The van der Waals surface area contributed by atoms with Crippen LogP contribution in [0.1, 0.15) is 43.7 Å². The predicted octanol–water partition coefficient (Wildman–Crippen LogP) is 7.64. The van der Waals surface area contributed by atoms with Gasteiger partial charge in [0.15, 0.2) is 6.10 Å². The molecule has 0 aliphatic heterocycles. The molecule has 0 saturated carbocycles. The molecule has 1 N–H and O–H groups in total. The Morgan fingerprint density at radius 1 is 1.10 bits per heavy atom. The average molecular weight is 561 g/mol. The Bertz CT molecular complexity index is 1700. The van der Waals surface area contributed by atoms with Crippen LogP contribution in [0.25, 0.3) is 43.2 Å². The van der Waals surface area contributed by atoms with Crippen LogP contribution in [0.2, 0.25) is 5.02 Å². The lowest BCUT2D eigenvalue weighted by molar-refractivity contribution is -0.160. The maximum atomic E-state index is 12.6. The third-order valence-corrected chi connectivity index (χ3v) is 7.93. The van der Waals surface area contributed by atoms with Crippen molar-refractivity contribution in [3.8, 4) is 33.0 Å². The molecule has 39 heavy (non-hydrogen) atoms. The molecule has 0 unspecified atom stereocenters.